The van der Waals surface area contributed by atoms with Crippen LogP contribution in [0.15, 0.2) is 30.5 Å². The predicted molar refractivity (Wildman–Crippen MR) is 84.0 cm³/mol. The number of pyridine rings is 1. The Hall–Kier alpha value is -1.26. The number of para-hydroxylation sites is 1. The van der Waals surface area contributed by atoms with Gasteiger partial charge in [0.2, 0.25) is 0 Å². The van der Waals surface area contributed by atoms with Crippen molar-refractivity contribution in [2.75, 3.05) is 23.9 Å². The highest BCUT2D eigenvalue weighted by atomic mass is 32.2. The summed E-state index contributed by atoms with van der Waals surface area (Å²) >= 11 is 1.65. The molecule has 0 aliphatic carbocycles. The molecule has 0 bridgehead atoms. The van der Waals surface area contributed by atoms with Gasteiger partial charge in [-0.15, -0.1) is 0 Å². The molecule has 4 heteroatoms. The number of aromatic nitrogens is 1. The summed E-state index contributed by atoms with van der Waals surface area (Å²) in [6, 6.07) is 8.10. The van der Waals surface area contributed by atoms with Crippen LogP contribution in [-0.2, 0) is 0 Å². The lowest BCUT2D eigenvalue weighted by atomic mass is 10.1. The molecule has 1 aromatic heterocycles. The summed E-state index contributed by atoms with van der Waals surface area (Å²) in [5.74, 6) is 0.710. The Kier molecular flexibility index (Phi) is 4.32. The zero-order valence-electron chi connectivity index (χ0n) is 11.6. The van der Waals surface area contributed by atoms with E-state index in [0.29, 0.717) is 12.3 Å². The minimum absolute atomic E-state index is 0.529. The van der Waals surface area contributed by atoms with E-state index < -0.39 is 5.60 Å². The molecule has 0 saturated heterocycles. The third-order valence-corrected chi connectivity index (χ3v) is 4.00. The molecule has 2 N–H and O–H groups in total. The summed E-state index contributed by atoms with van der Waals surface area (Å²) in [5.41, 5.74) is 2.49. The van der Waals surface area contributed by atoms with E-state index in [0.717, 1.165) is 22.2 Å². The van der Waals surface area contributed by atoms with Crippen molar-refractivity contribution in [3.05, 3.63) is 36.0 Å². The quantitative estimate of drug-likeness (QED) is 0.881. The van der Waals surface area contributed by atoms with Gasteiger partial charge < -0.3 is 10.4 Å². The Morgan fingerprint density at radius 1 is 1.37 bits per heavy atom. The second kappa shape index (κ2) is 5.80. The van der Waals surface area contributed by atoms with Gasteiger partial charge in [-0.1, -0.05) is 18.2 Å². The van der Waals surface area contributed by atoms with Crippen molar-refractivity contribution in [3.8, 4) is 0 Å². The molecular weight excluding hydrogens is 256 g/mol. The molecule has 1 unspecified atom stereocenters. The van der Waals surface area contributed by atoms with Crippen LogP contribution in [0.5, 0.6) is 0 Å². The summed E-state index contributed by atoms with van der Waals surface area (Å²) in [5, 5.41) is 14.6. The highest BCUT2D eigenvalue weighted by Gasteiger charge is 2.19. The standard InChI is InChI=1S/C15H20N2OS/c1-11-5-4-6-12-13(7-8-16-14(11)12)17-9-15(2,18)10-19-3/h4-8,18H,9-10H2,1-3H3,(H,16,17). The van der Waals surface area contributed by atoms with E-state index in [-0.39, 0.29) is 0 Å². The SMILES string of the molecule is CSCC(C)(O)CNc1ccnc2c(C)cccc12. The molecule has 2 rings (SSSR count). The fourth-order valence-corrected chi connectivity index (χ4v) is 2.85. The largest absolute Gasteiger partial charge is 0.387 e. The van der Waals surface area contributed by atoms with Crippen molar-refractivity contribution >= 4 is 28.4 Å². The van der Waals surface area contributed by atoms with Gasteiger partial charge in [0.05, 0.1) is 11.1 Å². The summed E-state index contributed by atoms with van der Waals surface area (Å²) in [6.07, 6.45) is 3.81. The minimum atomic E-state index is -0.709. The van der Waals surface area contributed by atoms with Crippen molar-refractivity contribution in [2.45, 2.75) is 19.4 Å². The normalized spacial score (nSPS) is 14.3. The minimum Gasteiger partial charge on any atom is -0.387 e. The van der Waals surface area contributed by atoms with Crippen LogP contribution in [0.4, 0.5) is 5.69 Å². The highest BCUT2D eigenvalue weighted by molar-refractivity contribution is 7.98. The van der Waals surface area contributed by atoms with Gasteiger partial charge in [-0.25, -0.2) is 0 Å². The van der Waals surface area contributed by atoms with E-state index in [1.165, 1.54) is 0 Å². The maximum Gasteiger partial charge on any atom is 0.0880 e. The lowest BCUT2D eigenvalue weighted by molar-refractivity contribution is 0.0997. The van der Waals surface area contributed by atoms with Crippen molar-refractivity contribution < 1.29 is 5.11 Å². The zero-order chi connectivity index (χ0) is 13.9. The van der Waals surface area contributed by atoms with Gasteiger partial charge in [0.25, 0.3) is 0 Å². The summed E-state index contributed by atoms with van der Waals surface area (Å²) in [7, 11) is 0. The molecule has 0 fully saturated rings. The monoisotopic (exact) mass is 276 g/mol. The average Bonchev–Trinajstić information content (AvgIpc) is 2.37. The summed E-state index contributed by atoms with van der Waals surface area (Å²) < 4.78 is 0. The number of nitrogens with one attached hydrogen (secondary N) is 1. The molecule has 1 aromatic carbocycles. The number of thioether (sulfide) groups is 1. The van der Waals surface area contributed by atoms with E-state index in [1.807, 2.05) is 25.3 Å². The number of benzene rings is 1. The van der Waals surface area contributed by atoms with Gasteiger partial charge in [-0.3, -0.25) is 4.98 Å². The van der Waals surface area contributed by atoms with E-state index in [4.69, 9.17) is 0 Å². The highest BCUT2D eigenvalue weighted by Crippen LogP contribution is 2.24. The second-order valence-corrected chi connectivity index (χ2v) is 5.98. The Morgan fingerprint density at radius 3 is 2.89 bits per heavy atom. The first-order valence-corrected chi connectivity index (χ1v) is 7.72. The molecule has 0 aliphatic heterocycles. The molecule has 19 heavy (non-hydrogen) atoms. The van der Waals surface area contributed by atoms with Crippen LogP contribution in [0, 0.1) is 6.92 Å². The molecule has 1 atom stereocenters. The molecule has 1 heterocycles. The molecule has 3 nitrogen and oxygen atoms in total. The fraction of sp³-hybridized carbons (Fsp3) is 0.400. The lowest BCUT2D eigenvalue weighted by Gasteiger charge is -2.23. The average molecular weight is 276 g/mol. The first-order valence-electron chi connectivity index (χ1n) is 6.33. The van der Waals surface area contributed by atoms with Gasteiger partial charge in [-0.2, -0.15) is 11.8 Å². The molecule has 0 amide bonds. The van der Waals surface area contributed by atoms with E-state index >= 15 is 0 Å². The Labute approximate surface area is 118 Å². The van der Waals surface area contributed by atoms with Crippen LogP contribution in [0.2, 0.25) is 0 Å². The third-order valence-electron chi connectivity index (χ3n) is 3.09. The van der Waals surface area contributed by atoms with Crippen molar-refractivity contribution in [2.24, 2.45) is 0 Å². The summed E-state index contributed by atoms with van der Waals surface area (Å²) in [6.45, 7) is 4.44. The van der Waals surface area contributed by atoms with Gasteiger partial charge in [-0.05, 0) is 31.7 Å². The number of anilines is 1. The van der Waals surface area contributed by atoms with Crippen LogP contribution in [0.1, 0.15) is 12.5 Å². The zero-order valence-corrected chi connectivity index (χ0v) is 12.4. The molecular formula is C15H20N2OS. The fourth-order valence-electron chi connectivity index (χ4n) is 2.13. The number of rotatable bonds is 5. The number of nitrogens with zero attached hydrogens (tertiary/aromatic N) is 1. The first-order chi connectivity index (χ1) is 9.03. The number of hydrogen-bond acceptors (Lipinski definition) is 4. The van der Waals surface area contributed by atoms with Crippen molar-refractivity contribution in [3.63, 3.8) is 0 Å². The van der Waals surface area contributed by atoms with Crippen LogP contribution in [0.3, 0.4) is 0 Å². The maximum absolute atomic E-state index is 10.2. The number of aliphatic hydroxyl groups is 1. The Balaban J connectivity index is 2.24. The molecule has 0 spiro atoms. The van der Waals surface area contributed by atoms with Gasteiger partial charge in [0.1, 0.15) is 0 Å². The summed E-state index contributed by atoms with van der Waals surface area (Å²) in [4.78, 5) is 4.42. The molecule has 0 saturated carbocycles. The van der Waals surface area contributed by atoms with Crippen molar-refractivity contribution in [1.29, 1.82) is 0 Å². The Morgan fingerprint density at radius 2 is 2.16 bits per heavy atom. The molecule has 0 aliphatic rings. The topological polar surface area (TPSA) is 45.1 Å². The van der Waals surface area contributed by atoms with Crippen LogP contribution < -0.4 is 5.32 Å². The second-order valence-electron chi connectivity index (χ2n) is 5.11. The lowest BCUT2D eigenvalue weighted by Crippen LogP contribution is -2.36. The third kappa shape index (κ3) is 3.39. The smallest absolute Gasteiger partial charge is 0.0880 e. The molecule has 102 valence electrons. The van der Waals surface area contributed by atoms with E-state index in [2.05, 4.69) is 29.4 Å². The number of aryl methyl sites for hydroxylation is 1. The number of hydrogen-bond donors (Lipinski definition) is 2. The van der Waals surface area contributed by atoms with Gasteiger partial charge >= 0.3 is 0 Å². The van der Waals surface area contributed by atoms with Crippen LogP contribution in [-0.4, -0.2) is 34.2 Å². The predicted octanol–water partition coefficient (Wildman–Crippen LogP) is 3.07. The molecule has 2 aromatic rings. The van der Waals surface area contributed by atoms with Crippen LogP contribution >= 0.6 is 11.8 Å². The van der Waals surface area contributed by atoms with Crippen molar-refractivity contribution in [1.82, 2.24) is 4.98 Å². The maximum atomic E-state index is 10.2. The van der Waals surface area contributed by atoms with E-state index in [9.17, 15) is 5.11 Å². The van der Waals surface area contributed by atoms with Crippen LogP contribution in [0.25, 0.3) is 10.9 Å². The molecule has 0 radical (unpaired) electrons. The van der Waals surface area contributed by atoms with Gasteiger partial charge in [0.15, 0.2) is 0 Å². The Bertz CT molecular complexity index is 569. The van der Waals surface area contributed by atoms with E-state index in [1.54, 1.807) is 18.0 Å². The van der Waals surface area contributed by atoms with Gasteiger partial charge in [0, 0.05) is 29.6 Å². The number of fused-ring (bicyclic) bond motifs is 1. The first kappa shape index (κ1) is 14.2.